The van der Waals surface area contributed by atoms with E-state index in [9.17, 15) is 4.79 Å². The van der Waals surface area contributed by atoms with E-state index in [1.54, 1.807) is 6.07 Å². The molecule has 2 aromatic rings. The number of furan rings is 1. The van der Waals surface area contributed by atoms with E-state index in [0.29, 0.717) is 11.5 Å². The molecule has 0 amide bonds. The summed E-state index contributed by atoms with van der Waals surface area (Å²) in [5.74, 6) is 0.245. The summed E-state index contributed by atoms with van der Waals surface area (Å²) in [7, 11) is 0. The van der Waals surface area contributed by atoms with Crippen LogP contribution in [-0.4, -0.2) is 17.1 Å². The second-order valence-electron chi connectivity index (χ2n) is 3.92. The monoisotopic (exact) mass is 309 g/mol. The zero-order valence-corrected chi connectivity index (χ0v) is 11.1. The third-order valence-electron chi connectivity index (χ3n) is 2.53. The first-order chi connectivity index (χ1) is 8.56. The van der Waals surface area contributed by atoms with Crippen LogP contribution in [-0.2, 0) is 11.2 Å². The predicted octanol–water partition coefficient (Wildman–Crippen LogP) is 2.66. The maximum absolute atomic E-state index is 10.6. The quantitative estimate of drug-likeness (QED) is 0.910. The molecule has 0 bridgehead atoms. The van der Waals surface area contributed by atoms with Gasteiger partial charge in [-0.25, -0.2) is 0 Å². The number of rotatable bonds is 4. The summed E-state index contributed by atoms with van der Waals surface area (Å²) in [6, 6.07) is 10.3. The summed E-state index contributed by atoms with van der Waals surface area (Å²) in [5.41, 5.74) is 6.39. The molecule has 1 aromatic carbocycles. The van der Waals surface area contributed by atoms with Crippen LogP contribution in [0.25, 0.3) is 11.3 Å². The average molecular weight is 310 g/mol. The highest BCUT2D eigenvalue weighted by Crippen LogP contribution is 2.24. The number of aliphatic carboxylic acids is 1. The van der Waals surface area contributed by atoms with Crippen molar-refractivity contribution >= 4 is 21.9 Å². The molecular formula is C13H12BrNO3. The molecule has 0 aliphatic carbocycles. The van der Waals surface area contributed by atoms with Gasteiger partial charge < -0.3 is 15.3 Å². The van der Waals surface area contributed by atoms with Crippen molar-refractivity contribution in [3.8, 4) is 11.3 Å². The van der Waals surface area contributed by atoms with Crippen LogP contribution in [0.15, 0.2) is 45.3 Å². The number of benzene rings is 1. The lowest BCUT2D eigenvalue weighted by molar-refractivity contribution is -0.138. The fourth-order valence-corrected chi connectivity index (χ4v) is 1.83. The molecule has 1 aromatic heterocycles. The van der Waals surface area contributed by atoms with Gasteiger partial charge in [-0.1, -0.05) is 28.1 Å². The van der Waals surface area contributed by atoms with Gasteiger partial charge in [0.1, 0.15) is 17.6 Å². The maximum atomic E-state index is 10.6. The summed E-state index contributed by atoms with van der Waals surface area (Å²) in [5, 5.41) is 8.73. The Labute approximate surface area is 113 Å². The number of carboxylic acid groups (broad SMARTS) is 1. The van der Waals surface area contributed by atoms with Gasteiger partial charge >= 0.3 is 5.97 Å². The standard InChI is InChI=1S/C13H12BrNO3/c14-9-3-1-8(2-4-9)12-6-5-10(18-12)7-11(15)13(16)17/h1-6,11H,7,15H2,(H,16,17). The Kier molecular flexibility index (Phi) is 3.84. The molecule has 1 heterocycles. The van der Waals surface area contributed by atoms with Gasteiger partial charge in [0, 0.05) is 16.5 Å². The fraction of sp³-hybridized carbons (Fsp3) is 0.154. The second kappa shape index (κ2) is 5.37. The van der Waals surface area contributed by atoms with Gasteiger partial charge in [-0.3, -0.25) is 4.79 Å². The maximum Gasteiger partial charge on any atom is 0.320 e. The third-order valence-corrected chi connectivity index (χ3v) is 3.06. The third kappa shape index (κ3) is 3.00. The van der Waals surface area contributed by atoms with Gasteiger partial charge in [-0.15, -0.1) is 0 Å². The van der Waals surface area contributed by atoms with Gasteiger partial charge in [-0.2, -0.15) is 0 Å². The van der Waals surface area contributed by atoms with Crippen molar-refractivity contribution in [2.45, 2.75) is 12.5 Å². The number of hydrogen-bond donors (Lipinski definition) is 2. The van der Waals surface area contributed by atoms with Crippen molar-refractivity contribution in [1.29, 1.82) is 0 Å². The highest BCUT2D eigenvalue weighted by molar-refractivity contribution is 9.10. The van der Waals surface area contributed by atoms with Gasteiger partial charge in [0.15, 0.2) is 0 Å². The Hall–Kier alpha value is -1.59. The second-order valence-corrected chi connectivity index (χ2v) is 4.84. The van der Waals surface area contributed by atoms with Gasteiger partial charge in [0.2, 0.25) is 0 Å². The number of halogens is 1. The highest BCUT2D eigenvalue weighted by atomic mass is 79.9. The largest absolute Gasteiger partial charge is 0.480 e. The van der Waals surface area contributed by atoms with E-state index >= 15 is 0 Å². The zero-order valence-electron chi connectivity index (χ0n) is 9.47. The minimum absolute atomic E-state index is 0.186. The molecule has 2 rings (SSSR count). The van der Waals surface area contributed by atoms with Crippen LogP contribution >= 0.6 is 15.9 Å². The minimum Gasteiger partial charge on any atom is -0.480 e. The van der Waals surface area contributed by atoms with Crippen molar-refractivity contribution in [2.24, 2.45) is 5.73 Å². The molecule has 3 N–H and O–H groups in total. The molecule has 0 aliphatic rings. The van der Waals surface area contributed by atoms with Crippen LogP contribution in [0.4, 0.5) is 0 Å². The predicted molar refractivity (Wildman–Crippen MR) is 71.2 cm³/mol. The lowest BCUT2D eigenvalue weighted by atomic mass is 10.2. The molecule has 94 valence electrons. The smallest absolute Gasteiger partial charge is 0.320 e. The molecule has 18 heavy (non-hydrogen) atoms. The van der Waals surface area contributed by atoms with Crippen LogP contribution in [0.1, 0.15) is 5.76 Å². The number of carbonyl (C=O) groups is 1. The zero-order chi connectivity index (χ0) is 13.1. The highest BCUT2D eigenvalue weighted by Gasteiger charge is 2.14. The summed E-state index contributed by atoms with van der Waals surface area (Å²) >= 11 is 3.36. The molecule has 4 nitrogen and oxygen atoms in total. The van der Waals surface area contributed by atoms with Crippen LogP contribution in [0, 0.1) is 0 Å². The molecule has 0 saturated heterocycles. The van der Waals surface area contributed by atoms with Crippen LogP contribution in [0.3, 0.4) is 0 Å². The lowest BCUT2D eigenvalue weighted by Gasteiger charge is -2.03. The van der Waals surface area contributed by atoms with Crippen molar-refractivity contribution < 1.29 is 14.3 Å². The SMILES string of the molecule is NC(Cc1ccc(-c2ccc(Br)cc2)o1)C(=O)O. The summed E-state index contributed by atoms with van der Waals surface area (Å²) in [6.07, 6.45) is 0.186. The number of hydrogen-bond acceptors (Lipinski definition) is 3. The molecule has 1 atom stereocenters. The van der Waals surface area contributed by atoms with E-state index in [0.717, 1.165) is 10.0 Å². The number of nitrogens with two attached hydrogens (primary N) is 1. The molecule has 0 saturated carbocycles. The van der Waals surface area contributed by atoms with E-state index < -0.39 is 12.0 Å². The molecule has 0 radical (unpaired) electrons. The van der Waals surface area contributed by atoms with Crippen LogP contribution in [0.5, 0.6) is 0 Å². The van der Waals surface area contributed by atoms with Crippen molar-refractivity contribution in [3.05, 3.63) is 46.6 Å². The number of carboxylic acids is 1. The molecule has 0 aliphatic heterocycles. The first-order valence-electron chi connectivity index (χ1n) is 5.39. The summed E-state index contributed by atoms with van der Waals surface area (Å²) < 4.78 is 6.56. The first-order valence-corrected chi connectivity index (χ1v) is 6.18. The normalized spacial score (nSPS) is 12.3. The Morgan fingerprint density at radius 1 is 1.28 bits per heavy atom. The van der Waals surface area contributed by atoms with E-state index in [1.165, 1.54) is 0 Å². The Morgan fingerprint density at radius 2 is 1.94 bits per heavy atom. The van der Waals surface area contributed by atoms with Crippen LogP contribution in [0.2, 0.25) is 0 Å². The van der Waals surface area contributed by atoms with Crippen molar-refractivity contribution in [1.82, 2.24) is 0 Å². The fourth-order valence-electron chi connectivity index (χ4n) is 1.56. The molecular weight excluding hydrogens is 298 g/mol. The Morgan fingerprint density at radius 3 is 2.56 bits per heavy atom. The minimum atomic E-state index is -1.03. The molecule has 1 unspecified atom stereocenters. The summed E-state index contributed by atoms with van der Waals surface area (Å²) in [6.45, 7) is 0. The first kappa shape index (κ1) is 12.9. The average Bonchev–Trinajstić information content (AvgIpc) is 2.78. The van der Waals surface area contributed by atoms with E-state index in [4.69, 9.17) is 15.3 Å². The lowest BCUT2D eigenvalue weighted by Crippen LogP contribution is -2.32. The Bertz CT molecular complexity index is 548. The topological polar surface area (TPSA) is 76.5 Å². The van der Waals surface area contributed by atoms with Gasteiger partial charge in [0.05, 0.1) is 0 Å². The summed E-state index contributed by atoms with van der Waals surface area (Å²) in [4.78, 5) is 10.6. The molecule has 0 spiro atoms. The van der Waals surface area contributed by atoms with Gasteiger partial charge in [0.25, 0.3) is 0 Å². The van der Waals surface area contributed by atoms with E-state index in [-0.39, 0.29) is 6.42 Å². The van der Waals surface area contributed by atoms with E-state index in [2.05, 4.69) is 15.9 Å². The Balaban J connectivity index is 2.15. The van der Waals surface area contributed by atoms with Crippen LogP contribution < -0.4 is 5.73 Å². The molecule has 5 heteroatoms. The van der Waals surface area contributed by atoms with Crippen molar-refractivity contribution in [2.75, 3.05) is 0 Å². The van der Waals surface area contributed by atoms with E-state index in [1.807, 2.05) is 30.3 Å². The van der Waals surface area contributed by atoms with Crippen molar-refractivity contribution in [3.63, 3.8) is 0 Å². The molecule has 0 fully saturated rings. The van der Waals surface area contributed by atoms with Gasteiger partial charge in [-0.05, 0) is 24.3 Å².